The van der Waals surface area contributed by atoms with E-state index in [1.807, 2.05) is 18.2 Å². The van der Waals surface area contributed by atoms with Crippen LogP contribution in [-0.4, -0.2) is 23.8 Å². The van der Waals surface area contributed by atoms with Crippen molar-refractivity contribution in [1.29, 1.82) is 0 Å². The molecule has 3 unspecified atom stereocenters. The predicted molar refractivity (Wildman–Crippen MR) is 80.2 cm³/mol. The number of carbonyl (C=O) groups excluding carboxylic acids is 2. The summed E-state index contributed by atoms with van der Waals surface area (Å²) in [5, 5.41) is 2.85. The molecule has 4 heteroatoms. The van der Waals surface area contributed by atoms with E-state index < -0.39 is 0 Å². The van der Waals surface area contributed by atoms with Gasteiger partial charge in [0.05, 0.1) is 0 Å². The Morgan fingerprint density at radius 2 is 2.14 bits per heavy atom. The normalized spacial score (nSPS) is 30.2. The molecule has 3 aliphatic rings. The Hall–Kier alpha value is -1.84. The van der Waals surface area contributed by atoms with Gasteiger partial charge in [-0.05, 0) is 54.9 Å². The minimum absolute atomic E-state index is 0.0883. The number of rotatable bonds is 2. The van der Waals surface area contributed by atoms with E-state index in [1.54, 1.807) is 11.9 Å². The Morgan fingerprint density at radius 1 is 1.29 bits per heavy atom. The second-order valence-corrected chi connectivity index (χ2v) is 6.80. The Kier molecular flexibility index (Phi) is 2.81. The number of fused-ring (bicyclic) bond motifs is 3. The van der Waals surface area contributed by atoms with Gasteiger partial charge in [0.1, 0.15) is 0 Å². The summed E-state index contributed by atoms with van der Waals surface area (Å²) in [5.74, 6) is 1.94. The average Bonchev–Trinajstić information content (AvgIpc) is 3.10. The van der Waals surface area contributed by atoms with Crippen molar-refractivity contribution in [1.82, 2.24) is 4.90 Å². The lowest BCUT2D eigenvalue weighted by Gasteiger charge is -2.27. The number of anilines is 1. The fourth-order valence-electron chi connectivity index (χ4n) is 4.32. The van der Waals surface area contributed by atoms with E-state index in [1.165, 1.54) is 19.3 Å². The number of hydrogen-bond acceptors (Lipinski definition) is 2. The van der Waals surface area contributed by atoms with Crippen LogP contribution >= 0.6 is 0 Å². The maximum atomic E-state index is 12.8. The zero-order valence-corrected chi connectivity index (χ0v) is 12.3. The van der Waals surface area contributed by atoms with Crippen molar-refractivity contribution in [2.24, 2.45) is 17.8 Å². The molecule has 2 saturated carbocycles. The van der Waals surface area contributed by atoms with Crippen molar-refractivity contribution in [3.05, 3.63) is 29.3 Å². The van der Waals surface area contributed by atoms with Gasteiger partial charge in [-0.1, -0.05) is 6.42 Å². The highest BCUT2D eigenvalue weighted by Gasteiger charge is 2.43. The first-order valence-corrected chi connectivity index (χ1v) is 7.81. The van der Waals surface area contributed by atoms with Gasteiger partial charge in [0.25, 0.3) is 0 Å². The number of hydrogen-bond donors (Lipinski definition) is 1. The molecular weight excluding hydrogens is 264 g/mol. The minimum Gasteiger partial charge on any atom is -0.323 e. The van der Waals surface area contributed by atoms with E-state index in [-0.39, 0.29) is 11.9 Å². The maximum Gasteiger partial charge on any atom is 0.321 e. The number of ketones is 1. The summed E-state index contributed by atoms with van der Waals surface area (Å²) < 4.78 is 0. The van der Waals surface area contributed by atoms with Gasteiger partial charge >= 0.3 is 6.03 Å². The number of carbonyl (C=O) groups is 2. The molecule has 2 amide bonds. The monoisotopic (exact) mass is 284 g/mol. The third kappa shape index (κ3) is 2.04. The van der Waals surface area contributed by atoms with Gasteiger partial charge in [0.2, 0.25) is 0 Å². The van der Waals surface area contributed by atoms with E-state index in [0.29, 0.717) is 18.2 Å². The number of benzene rings is 1. The largest absolute Gasteiger partial charge is 0.323 e. The van der Waals surface area contributed by atoms with Crippen LogP contribution in [0.1, 0.15) is 41.6 Å². The van der Waals surface area contributed by atoms with Crippen LogP contribution in [0.15, 0.2) is 18.2 Å². The highest BCUT2D eigenvalue weighted by Crippen LogP contribution is 2.49. The molecule has 0 radical (unpaired) electrons. The lowest BCUT2D eigenvalue weighted by Crippen LogP contribution is -2.35. The molecule has 110 valence electrons. The summed E-state index contributed by atoms with van der Waals surface area (Å²) in [5.41, 5.74) is 2.68. The van der Waals surface area contributed by atoms with Crippen LogP contribution in [0.3, 0.4) is 0 Å². The number of nitrogens with zero attached hydrogens (tertiary/aromatic N) is 1. The summed E-state index contributed by atoms with van der Waals surface area (Å²) >= 11 is 0. The number of amides is 2. The molecule has 1 heterocycles. The minimum atomic E-state index is -0.0883. The summed E-state index contributed by atoms with van der Waals surface area (Å²) in [6.07, 6.45) is 4.87. The highest BCUT2D eigenvalue weighted by molar-refractivity contribution is 6.00. The number of urea groups is 1. The van der Waals surface area contributed by atoms with Crippen LogP contribution in [0.25, 0.3) is 0 Å². The Bertz CT molecular complexity index is 625. The van der Waals surface area contributed by atoms with Gasteiger partial charge in [-0.15, -0.1) is 0 Å². The van der Waals surface area contributed by atoms with Gasteiger partial charge in [-0.2, -0.15) is 0 Å². The van der Waals surface area contributed by atoms with Crippen molar-refractivity contribution in [2.45, 2.75) is 32.2 Å². The van der Waals surface area contributed by atoms with Crippen LogP contribution in [0, 0.1) is 17.8 Å². The maximum absolute atomic E-state index is 12.8. The molecule has 2 fully saturated rings. The first kappa shape index (κ1) is 12.9. The van der Waals surface area contributed by atoms with Gasteiger partial charge in [0, 0.05) is 30.8 Å². The Labute approximate surface area is 124 Å². The summed E-state index contributed by atoms with van der Waals surface area (Å²) in [6, 6.07) is 5.63. The van der Waals surface area contributed by atoms with Crippen LogP contribution in [0.5, 0.6) is 0 Å². The van der Waals surface area contributed by atoms with Crippen molar-refractivity contribution < 1.29 is 9.59 Å². The zero-order chi connectivity index (χ0) is 14.6. The average molecular weight is 284 g/mol. The van der Waals surface area contributed by atoms with Crippen LogP contribution in [0.2, 0.25) is 0 Å². The third-order valence-electron chi connectivity index (χ3n) is 5.46. The smallest absolute Gasteiger partial charge is 0.321 e. The molecule has 0 saturated heterocycles. The molecule has 1 N–H and O–H groups in total. The molecule has 3 atom stereocenters. The second-order valence-electron chi connectivity index (χ2n) is 6.80. The van der Waals surface area contributed by atoms with Crippen molar-refractivity contribution in [3.63, 3.8) is 0 Å². The lowest BCUT2D eigenvalue weighted by atomic mass is 9.83. The molecule has 1 aliphatic heterocycles. The van der Waals surface area contributed by atoms with Gasteiger partial charge in [-0.3, -0.25) is 4.79 Å². The van der Waals surface area contributed by atoms with Gasteiger partial charge in [0.15, 0.2) is 5.78 Å². The molecule has 1 aromatic rings. The van der Waals surface area contributed by atoms with Crippen molar-refractivity contribution in [3.8, 4) is 0 Å². The number of Topliss-reactive ketones (excluding diaryl/α,β-unsaturated/α-hetero) is 1. The summed E-state index contributed by atoms with van der Waals surface area (Å²) in [6.45, 7) is 0.568. The first-order chi connectivity index (χ1) is 10.1. The van der Waals surface area contributed by atoms with Crippen molar-refractivity contribution in [2.75, 3.05) is 12.4 Å². The standard InChI is InChI=1S/C17H20N2O2/c1-19-9-13-8-12(4-5-15(13)18-17(19)21)16(20)14-7-10-2-3-11(14)6-10/h4-5,8,10-11,14H,2-3,6-7,9H2,1H3,(H,18,21). The van der Waals surface area contributed by atoms with Crippen LogP contribution < -0.4 is 5.32 Å². The lowest BCUT2D eigenvalue weighted by molar-refractivity contribution is 0.0874. The highest BCUT2D eigenvalue weighted by atomic mass is 16.2. The van der Waals surface area contributed by atoms with E-state index >= 15 is 0 Å². The summed E-state index contributed by atoms with van der Waals surface area (Å²) in [4.78, 5) is 26.0. The molecule has 1 aromatic carbocycles. The SMILES string of the molecule is CN1Cc2cc(C(=O)C3CC4CCC3C4)ccc2NC1=O. The summed E-state index contributed by atoms with van der Waals surface area (Å²) in [7, 11) is 1.77. The predicted octanol–water partition coefficient (Wildman–Crippen LogP) is 3.28. The first-order valence-electron chi connectivity index (χ1n) is 7.81. The third-order valence-corrected chi connectivity index (χ3v) is 5.46. The van der Waals surface area contributed by atoms with E-state index in [0.717, 1.165) is 29.2 Å². The molecule has 0 spiro atoms. The number of nitrogens with one attached hydrogen (secondary N) is 1. The van der Waals surface area contributed by atoms with Gasteiger partial charge < -0.3 is 10.2 Å². The zero-order valence-electron chi connectivity index (χ0n) is 12.3. The molecule has 0 aromatic heterocycles. The van der Waals surface area contributed by atoms with Crippen molar-refractivity contribution >= 4 is 17.5 Å². The Morgan fingerprint density at radius 3 is 2.86 bits per heavy atom. The Balaban J connectivity index is 1.60. The molecular formula is C17H20N2O2. The second kappa shape index (κ2) is 4.58. The van der Waals surface area contributed by atoms with Crippen LogP contribution in [-0.2, 0) is 6.54 Å². The van der Waals surface area contributed by atoms with E-state index in [9.17, 15) is 9.59 Å². The quantitative estimate of drug-likeness (QED) is 0.847. The van der Waals surface area contributed by atoms with Crippen LogP contribution in [0.4, 0.5) is 10.5 Å². The van der Waals surface area contributed by atoms with E-state index in [4.69, 9.17) is 0 Å². The fraction of sp³-hybridized carbons (Fsp3) is 0.529. The van der Waals surface area contributed by atoms with E-state index in [2.05, 4.69) is 5.32 Å². The molecule has 2 aliphatic carbocycles. The molecule has 4 nitrogen and oxygen atoms in total. The van der Waals surface area contributed by atoms with Gasteiger partial charge in [-0.25, -0.2) is 4.79 Å². The molecule has 4 rings (SSSR count). The molecule has 2 bridgehead atoms. The molecule has 21 heavy (non-hydrogen) atoms. The topological polar surface area (TPSA) is 49.4 Å². The fourth-order valence-corrected chi connectivity index (χ4v) is 4.32.